The number of amides is 2. The minimum atomic E-state index is -0.202. The van der Waals surface area contributed by atoms with Crippen LogP contribution in [0.3, 0.4) is 0 Å². The van der Waals surface area contributed by atoms with Crippen LogP contribution in [-0.4, -0.2) is 21.9 Å². The monoisotopic (exact) mass is 282 g/mol. The van der Waals surface area contributed by atoms with Crippen molar-refractivity contribution in [3.05, 3.63) is 30.5 Å². The van der Waals surface area contributed by atoms with E-state index < -0.39 is 0 Å². The van der Waals surface area contributed by atoms with Crippen LogP contribution in [0.15, 0.2) is 30.5 Å². The number of carbonyl (C=O) groups is 2. The van der Waals surface area contributed by atoms with Crippen LogP contribution in [0.4, 0.5) is 5.82 Å². The van der Waals surface area contributed by atoms with Crippen LogP contribution in [0.2, 0.25) is 0 Å². The highest BCUT2D eigenvalue weighted by atomic mass is 16.3. The smallest absolute Gasteiger partial charge is 0.239 e. The van der Waals surface area contributed by atoms with Crippen LogP contribution < -0.4 is 4.90 Å². The molecule has 6 rings (SSSR count). The van der Waals surface area contributed by atoms with Crippen LogP contribution in [0.1, 0.15) is 6.42 Å². The minimum Gasteiger partial charge on any atom is -0.506 e. The summed E-state index contributed by atoms with van der Waals surface area (Å²) in [6.07, 6.45) is 6.73. The highest BCUT2D eigenvalue weighted by Gasteiger charge is 2.67. The van der Waals surface area contributed by atoms with Crippen LogP contribution in [0.25, 0.3) is 0 Å². The van der Waals surface area contributed by atoms with E-state index in [1.165, 1.54) is 23.2 Å². The lowest BCUT2D eigenvalue weighted by Gasteiger charge is -2.37. The molecule has 6 atom stereocenters. The standard InChI is InChI=1S/C16H14N2O3/c19-7-1-4-12(17-6-7)18-15(20)13-8-2-3-9(11-5-10(8)11)14(13)16(18)21/h1-4,6,8-11,13-14,19H,5H2/t8-,9+,10+,11-,13-,14+. The van der Waals surface area contributed by atoms with Gasteiger partial charge in [-0.3, -0.25) is 9.59 Å². The zero-order chi connectivity index (χ0) is 14.3. The molecule has 2 amide bonds. The predicted molar refractivity (Wildman–Crippen MR) is 73.1 cm³/mol. The number of anilines is 1. The number of rotatable bonds is 1. The summed E-state index contributed by atoms with van der Waals surface area (Å²) in [5.74, 6) is 1.37. The summed E-state index contributed by atoms with van der Waals surface area (Å²) in [6.45, 7) is 0. The third-order valence-corrected chi connectivity index (χ3v) is 5.62. The maximum absolute atomic E-state index is 12.8. The largest absolute Gasteiger partial charge is 0.506 e. The van der Waals surface area contributed by atoms with Gasteiger partial charge in [-0.25, -0.2) is 9.88 Å². The van der Waals surface area contributed by atoms with Gasteiger partial charge in [0.2, 0.25) is 11.8 Å². The molecule has 5 aliphatic rings. The molecule has 4 aliphatic carbocycles. The summed E-state index contributed by atoms with van der Waals surface area (Å²) in [5.41, 5.74) is 0. The van der Waals surface area contributed by atoms with E-state index in [0.717, 1.165) is 6.42 Å². The number of carbonyl (C=O) groups excluding carboxylic acids is 2. The first-order valence-electron chi connectivity index (χ1n) is 7.38. The van der Waals surface area contributed by atoms with Crippen molar-refractivity contribution in [2.45, 2.75) is 6.42 Å². The second kappa shape index (κ2) is 3.53. The Morgan fingerprint density at radius 2 is 1.67 bits per heavy atom. The molecule has 21 heavy (non-hydrogen) atoms. The Hall–Kier alpha value is -2.17. The topological polar surface area (TPSA) is 70.5 Å². The predicted octanol–water partition coefficient (Wildman–Crippen LogP) is 1.34. The molecule has 106 valence electrons. The first kappa shape index (κ1) is 11.5. The van der Waals surface area contributed by atoms with Gasteiger partial charge in [-0.15, -0.1) is 0 Å². The third-order valence-electron chi connectivity index (χ3n) is 5.62. The first-order chi connectivity index (χ1) is 10.2. The Balaban J connectivity index is 1.58. The Kier molecular flexibility index (Phi) is 1.93. The SMILES string of the molecule is O=C1[C@@H]2[C@@H]3C=C[C@@H]([C@H]4C[C@@H]34)[C@@H]2C(=O)N1c1ccc(O)cn1. The molecule has 2 saturated carbocycles. The molecule has 5 nitrogen and oxygen atoms in total. The highest BCUT2D eigenvalue weighted by Crippen LogP contribution is 2.65. The maximum atomic E-state index is 12.8. The van der Waals surface area contributed by atoms with Gasteiger partial charge in [-0.05, 0) is 42.2 Å². The van der Waals surface area contributed by atoms with E-state index in [1.54, 1.807) is 0 Å². The molecular formula is C16H14N2O3. The van der Waals surface area contributed by atoms with Crippen molar-refractivity contribution in [3.63, 3.8) is 0 Å². The molecule has 1 aromatic rings. The highest BCUT2D eigenvalue weighted by molar-refractivity contribution is 6.22. The zero-order valence-corrected chi connectivity index (χ0v) is 11.2. The molecule has 0 aromatic carbocycles. The number of imide groups is 1. The molecule has 1 aromatic heterocycles. The summed E-state index contributed by atoms with van der Waals surface area (Å²) < 4.78 is 0. The van der Waals surface area contributed by atoms with E-state index in [1.807, 2.05) is 0 Å². The van der Waals surface area contributed by atoms with Gasteiger partial charge in [0.1, 0.15) is 11.6 Å². The summed E-state index contributed by atoms with van der Waals surface area (Å²) in [4.78, 5) is 30.8. The molecule has 1 saturated heterocycles. The number of pyridine rings is 1. The number of aromatic nitrogens is 1. The van der Waals surface area contributed by atoms with E-state index in [0.29, 0.717) is 17.7 Å². The van der Waals surface area contributed by atoms with Gasteiger partial charge in [0.15, 0.2) is 0 Å². The molecule has 0 spiro atoms. The van der Waals surface area contributed by atoms with Crippen LogP contribution in [0.5, 0.6) is 5.75 Å². The number of hydrogen-bond donors (Lipinski definition) is 1. The van der Waals surface area contributed by atoms with Gasteiger partial charge in [0.05, 0.1) is 18.0 Å². The van der Waals surface area contributed by atoms with E-state index in [-0.39, 0.29) is 41.2 Å². The first-order valence-corrected chi connectivity index (χ1v) is 7.38. The van der Waals surface area contributed by atoms with Gasteiger partial charge in [0, 0.05) is 0 Å². The van der Waals surface area contributed by atoms with E-state index in [4.69, 9.17) is 0 Å². The fraction of sp³-hybridized carbons (Fsp3) is 0.438. The number of aromatic hydroxyl groups is 1. The molecule has 2 bridgehead atoms. The maximum Gasteiger partial charge on any atom is 0.239 e. The van der Waals surface area contributed by atoms with Gasteiger partial charge in [-0.1, -0.05) is 12.2 Å². The van der Waals surface area contributed by atoms with Crippen molar-refractivity contribution < 1.29 is 14.7 Å². The average molecular weight is 282 g/mol. The molecule has 2 heterocycles. The van der Waals surface area contributed by atoms with Gasteiger partial charge in [0.25, 0.3) is 0 Å². The molecule has 0 unspecified atom stereocenters. The fourth-order valence-corrected chi connectivity index (χ4v) is 4.69. The second-order valence-electron chi connectivity index (χ2n) is 6.54. The Morgan fingerprint density at radius 3 is 2.19 bits per heavy atom. The molecule has 3 fully saturated rings. The average Bonchev–Trinajstić information content (AvgIpc) is 3.26. The van der Waals surface area contributed by atoms with Gasteiger partial charge >= 0.3 is 0 Å². The van der Waals surface area contributed by atoms with Crippen molar-refractivity contribution in [1.29, 1.82) is 0 Å². The lowest BCUT2D eigenvalue weighted by molar-refractivity contribution is -0.124. The van der Waals surface area contributed by atoms with Crippen LogP contribution in [0, 0.1) is 35.5 Å². The molecule has 0 radical (unpaired) electrons. The van der Waals surface area contributed by atoms with E-state index in [9.17, 15) is 14.7 Å². The summed E-state index contributed by atoms with van der Waals surface area (Å²) in [6, 6.07) is 2.98. The normalized spacial score (nSPS) is 42.2. The summed E-state index contributed by atoms with van der Waals surface area (Å²) >= 11 is 0. The fourth-order valence-electron chi connectivity index (χ4n) is 4.69. The van der Waals surface area contributed by atoms with Crippen molar-refractivity contribution in [3.8, 4) is 5.75 Å². The van der Waals surface area contributed by atoms with Crippen molar-refractivity contribution >= 4 is 17.6 Å². The van der Waals surface area contributed by atoms with Crippen LogP contribution >= 0.6 is 0 Å². The second-order valence-corrected chi connectivity index (χ2v) is 6.54. The minimum absolute atomic E-state index is 0.0261. The number of nitrogens with zero attached hydrogens (tertiary/aromatic N) is 2. The zero-order valence-electron chi connectivity index (χ0n) is 11.2. The molecular weight excluding hydrogens is 268 g/mol. The van der Waals surface area contributed by atoms with Crippen molar-refractivity contribution in [2.24, 2.45) is 35.5 Å². The lowest BCUT2D eigenvalue weighted by atomic mass is 9.63. The van der Waals surface area contributed by atoms with Gasteiger partial charge in [-0.2, -0.15) is 0 Å². The molecule has 5 heteroatoms. The number of allylic oxidation sites excluding steroid dienone is 2. The summed E-state index contributed by atoms with van der Waals surface area (Å²) in [5, 5.41) is 9.31. The molecule has 1 N–H and O–H groups in total. The third kappa shape index (κ3) is 1.29. The van der Waals surface area contributed by atoms with Crippen LogP contribution in [-0.2, 0) is 9.59 Å². The quantitative estimate of drug-likeness (QED) is 0.623. The van der Waals surface area contributed by atoms with Gasteiger partial charge < -0.3 is 5.11 Å². The van der Waals surface area contributed by atoms with Crippen molar-refractivity contribution in [1.82, 2.24) is 4.98 Å². The van der Waals surface area contributed by atoms with E-state index in [2.05, 4.69) is 17.1 Å². The summed E-state index contributed by atoms with van der Waals surface area (Å²) in [7, 11) is 0. The Bertz CT molecular complexity index is 660. The van der Waals surface area contributed by atoms with E-state index >= 15 is 0 Å². The number of hydrogen-bond acceptors (Lipinski definition) is 4. The Labute approximate surface area is 121 Å². The van der Waals surface area contributed by atoms with Crippen molar-refractivity contribution in [2.75, 3.05) is 4.90 Å². The Morgan fingerprint density at radius 1 is 1.05 bits per heavy atom. The lowest BCUT2D eigenvalue weighted by Crippen LogP contribution is -2.40. The molecule has 1 aliphatic heterocycles.